The Kier molecular flexibility index (Phi) is 5.02. The Balaban J connectivity index is 1.64. The van der Waals surface area contributed by atoms with E-state index in [-0.39, 0.29) is 0 Å². The normalized spacial score (nSPS) is 14.2. The average Bonchev–Trinajstić information content (AvgIpc) is 3.32. The molecule has 1 aliphatic rings. The topological polar surface area (TPSA) is 82.6 Å². The lowest BCUT2D eigenvalue weighted by molar-refractivity contribution is 0.877. The third-order valence-electron chi connectivity index (χ3n) is 4.25. The zero-order chi connectivity index (χ0) is 18.6. The molecule has 1 saturated heterocycles. The van der Waals surface area contributed by atoms with E-state index in [2.05, 4.69) is 35.4 Å². The minimum atomic E-state index is 0.476. The zero-order valence-electron chi connectivity index (χ0n) is 15.0. The summed E-state index contributed by atoms with van der Waals surface area (Å²) < 4.78 is 0. The van der Waals surface area contributed by atoms with Gasteiger partial charge in [-0.2, -0.15) is 20.1 Å². The first-order chi connectivity index (χ1) is 13.2. The molecule has 2 aromatic heterocycles. The van der Waals surface area contributed by atoms with E-state index >= 15 is 0 Å². The van der Waals surface area contributed by atoms with Gasteiger partial charge < -0.3 is 10.2 Å². The van der Waals surface area contributed by atoms with Crippen LogP contribution in [0.1, 0.15) is 29.9 Å². The van der Waals surface area contributed by atoms with E-state index < -0.39 is 0 Å². The molecule has 1 aliphatic heterocycles. The first-order valence-electron chi connectivity index (χ1n) is 8.89. The molecule has 1 fully saturated rings. The van der Waals surface area contributed by atoms with Crippen molar-refractivity contribution in [2.75, 3.05) is 23.3 Å². The van der Waals surface area contributed by atoms with E-state index in [1.165, 1.54) is 0 Å². The summed E-state index contributed by atoms with van der Waals surface area (Å²) >= 11 is 6.05. The van der Waals surface area contributed by atoms with Crippen molar-refractivity contribution in [2.45, 2.75) is 19.8 Å². The van der Waals surface area contributed by atoms with Crippen molar-refractivity contribution in [1.82, 2.24) is 25.1 Å². The van der Waals surface area contributed by atoms with Gasteiger partial charge in [-0.1, -0.05) is 29.8 Å². The highest BCUT2D eigenvalue weighted by molar-refractivity contribution is 6.30. The second-order valence-corrected chi connectivity index (χ2v) is 6.90. The van der Waals surface area contributed by atoms with Crippen molar-refractivity contribution in [3.63, 3.8) is 0 Å². The lowest BCUT2D eigenvalue weighted by atomic mass is 10.2. The van der Waals surface area contributed by atoms with Gasteiger partial charge in [0.05, 0.1) is 0 Å². The van der Waals surface area contributed by atoms with Crippen molar-refractivity contribution >= 4 is 41.5 Å². The summed E-state index contributed by atoms with van der Waals surface area (Å²) in [5.74, 6) is 2.42. The van der Waals surface area contributed by atoms with E-state index in [1.807, 2.05) is 49.4 Å². The number of aryl methyl sites for hydroxylation is 1. The highest BCUT2D eigenvalue weighted by atomic mass is 35.5. The van der Waals surface area contributed by atoms with Gasteiger partial charge in [0.1, 0.15) is 0 Å². The van der Waals surface area contributed by atoms with Gasteiger partial charge in [-0.05, 0) is 43.5 Å². The van der Waals surface area contributed by atoms with Crippen LogP contribution in [0.5, 0.6) is 0 Å². The largest absolute Gasteiger partial charge is 0.341 e. The highest BCUT2D eigenvalue weighted by Gasteiger charge is 2.17. The molecule has 4 rings (SSSR count). The number of H-pyrrole nitrogens is 1. The molecule has 27 heavy (non-hydrogen) atoms. The van der Waals surface area contributed by atoms with Gasteiger partial charge in [0.25, 0.3) is 0 Å². The predicted molar refractivity (Wildman–Crippen MR) is 108 cm³/mol. The Morgan fingerprint density at radius 3 is 2.70 bits per heavy atom. The van der Waals surface area contributed by atoms with Crippen LogP contribution in [-0.2, 0) is 0 Å². The first-order valence-corrected chi connectivity index (χ1v) is 9.27. The van der Waals surface area contributed by atoms with Crippen LogP contribution >= 0.6 is 11.6 Å². The molecule has 8 heteroatoms. The van der Waals surface area contributed by atoms with E-state index in [0.717, 1.165) is 37.2 Å². The number of halogens is 1. The monoisotopic (exact) mass is 381 g/mol. The number of anilines is 3. The second kappa shape index (κ2) is 7.75. The van der Waals surface area contributed by atoms with Crippen LogP contribution in [-0.4, -0.2) is 38.2 Å². The maximum Gasteiger partial charge on any atom is 0.233 e. The summed E-state index contributed by atoms with van der Waals surface area (Å²) in [5.41, 5.74) is 1.95. The number of nitrogens with one attached hydrogen (secondary N) is 2. The Labute approximate surface area is 162 Å². The lowest BCUT2D eigenvalue weighted by Gasteiger charge is -2.16. The molecule has 0 unspecified atom stereocenters. The van der Waals surface area contributed by atoms with Gasteiger partial charge in [-0.3, -0.25) is 5.10 Å². The van der Waals surface area contributed by atoms with E-state index in [9.17, 15) is 0 Å². The number of aromatic nitrogens is 5. The first kappa shape index (κ1) is 17.5. The van der Waals surface area contributed by atoms with Crippen molar-refractivity contribution in [3.05, 3.63) is 52.4 Å². The molecule has 0 saturated carbocycles. The predicted octanol–water partition coefficient (Wildman–Crippen LogP) is 4.07. The van der Waals surface area contributed by atoms with Crippen LogP contribution in [0.15, 0.2) is 30.3 Å². The van der Waals surface area contributed by atoms with Crippen LogP contribution in [0.25, 0.3) is 12.2 Å². The van der Waals surface area contributed by atoms with Crippen LogP contribution in [0.3, 0.4) is 0 Å². The summed E-state index contributed by atoms with van der Waals surface area (Å²) in [6.45, 7) is 3.87. The van der Waals surface area contributed by atoms with Gasteiger partial charge in [-0.15, -0.1) is 0 Å². The molecule has 0 atom stereocenters. The molecule has 0 spiro atoms. The van der Waals surface area contributed by atoms with Crippen LogP contribution < -0.4 is 10.2 Å². The maximum absolute atomic E-state index is 6.05. The number of hydrogen-bond donors (Lipinski definition) is 2. The molecule has 0 amide bonds. The summed E-state index contributed by atoms with van der Waals surface area (Å²) in [7, 11) is 0. The molecule has 0 radical (unpaired) electrons. The fraction of sp³-hybridized carbons (Fsp3) is 0.263. The summed E-state index contributed by atoms with van der Waals surface area (Å²) in [4.78, 5) is 15.9. The van der Waals surface area contributed by atoms with Gasteiger partial charge in [-0.25, -0.2) is 0 Å². The summed E-state index contributed by atoms with van der Waals surface area (Å²) in [6.07, 6.45) is 6.12. The fourth-order valence-corrected chi connectivity index (χ4v) is 3.15. The van der Waals surface area contributed by atoms with Crippen molar-refractivity contribution in [2.24, 2.45) is 0 Å². The number of hydrogen-bond acceptors (Lipinski definition) is 6. The number of aromatic amines is 1. The standard InChI is InChI=1S/C19H20ClN7/c1-13-11-17(26-25-13)22-18-21-16(8-7-14-5-4-6-15(20)12-14)23-19(24-18)27-9-2-3-10-27/h4-8,11-12H,2-3,9-10H2,1H3,(H2,21,22,23,24,25,26)/b8-7+. The molecule has 2 N–H and O–H groups in total. The van der Waals surface area contributed by atoms with Crippen LogP contribution in [0, 0.1) is 6.92 Å². The molecule has 3 aromatic rings. The molecule has 0 aliphatic carbocycles. The molecule has 1 aromatic carbocycles. The Morgan fingerprint density at radius 1 is 1.11 bits per heavy atom. The fourth-order valence-electron chi connectivity index (χ4n) is 2.95. The minimum absolute atomic E-state index is 0.476. The molecule has 7 nitrogen and oxygen atoms in total. The van der Waals surface area contributed by atoms with Gasteiger partial charge in [0.15, 0.2) is 11.6 Å². The Hall–Kier alpha value is -2.93. The van der Waals surface area contributed by atoms with E-state index in [0.29, 0.717) is 28.6 Å². The third kappa shape index (κ3) is 4.43. The number of rotatable bonds is 5. The lowest BCUT2D eigenvalue weighted by Crippen LogP contribution is -2.21. The Bertz CT molecular complexity index is 960. The second-order valence-electron chi connectivity index (χ2n) is 6.46. The molecule has 138 valence electrons. The molecule has 3 heterocycles. The van der Waals surface area contributed by atoms with Crippen molar-refractivity contribution in [3.8, 4) is 0 Å². The van der Waals surface area contributed by atoms with Crippen molar-refractivity contribution in [1.29, 1.82) is 0 Å². The van der Waals surface area contributed by atoms with Crippen LogP contribution in [0.4, 0.5) is 17.7 Å². The highest BCUT2D eigenvalue weighted by Crippen LogP contribution is 2.20. The number of benzene rings is 1. The average molecular weight is 382 g/mol. The molecular weight excluding hydrogens is 362 g/mol. The van der Waals surface area contributed by atoms with Gasteiger partial charge in [0.2, 0.25) is 11.9 Å². The van der Waals surface area contributed by atoms with Gasteiger partial charge in [0, 0.05) is 29.9 Å². The van der Waals surface area contributed by atoms with Crippen LogP contribution in [0.2, 0.25) is 5.02 Å². The quantitative estimate of drug-likeness (QED) is 0.693. The maximum atomic E-state index is 6.05. The summed E-state index contributed by atoms with van der Waals surface area (Å²) in [5, 5.41) is 10.9. The van der Waals surface area contributed by atoms with E-state index in [1.54, 1.807) is 0 Å². The van der Waals surface area contributed by atoms with E-state index in [4.69, 9.17) is 11.6 Å². The summed E-state index contributed by atoms with van der Waals surface area (Å²) in [6, 6.07) is 9.54. The van der Waals surface area contributed by atoms with Gasteiger partial charge >= 0.3 is 0 Å². The minimum Gasteiger partial charge on any atom is -0.341 e. The smallest absolute Gasteiger partial charge is 0.233 e. The zero-order valence-corrected chi connectivity index (χ0v) is 15.7. The molecular formula is C19H20ClN7. The van der Waals surface area contributed by atoms with Crippen molar-refractivity contribution < 1.29 is 0 Å². The molecule has 0 bridgehead atoms. The third-order valence-corrected chi connectivity index (χ3v) is 4.48. The number of nitrogens with zero attached hydrogens (tertiary/aromatic N) is 5. The Morgan fingerprint density at radius 2 is 1.96 bits per heavy atom. The SMILES string of the molecule is Cc1cc(Nc2nc(/C=C/c3cccc(Cl)c3)nc(N3CCCC3)n2)n[nH]1.